The van der Waals surface area contributed by atoms with E-state index < -0.39 is 4.92 Å². The van der Waals surface area contributed by atoms with Crippen LogP contribution < -0.4 is 4.90 Å². The van der Waals surface area contributed by atoms with Crippen LogP contribution in [0.5, 0.6) is 0 Å². The maximum absolute atomic E-state index is 10.8. The molecule has 6 nitrogen and oxygen atoms in total. The molecule has 0 aliphatic carbocycles. The molecule has 1 aromatic carbocycles. The summed E-state index contributed by atoms with van der Waals surface area (Å²) in [5, 5.41) is 12.1. The Balaban J connectivity index is 1.54. The number of aromatic nitrogens is 1. The van der Waals surface area contributed by atoms with Crippen LogP contribution in [-0.4, -0.2) is 29.1 Å². The molecular weight excluding hydrogens is 401 g/mol. The molecule has 2 aromatic rings. The molecule has 3 rings (SSSR count). The average Bonchev–Trinajstić information content (AvgIpc) is 2.63. The van der Waals surface area contributed by atoms with Gasteiger partial charge < -0.3 is 9.64 Å². The van der Waals surface area contributed by atoms with Crippen LogP contribution >= 0.6 is 34.8 Å². The molecule has 138 valence electrons. The molecule has 0 amide bonds. The first-order chi connectivity index (χ1) is 12.4. The number of hydrogen-bond donors (Lipinski definition) is 0. The summed E-state index contributed by atoms with van der Waals surface area (Å²) < 4.78 is 5.96. The second-order valence-electron chi connectivity index (χ2n) is 6.00. The van der Waals surface area contributed by atoms with Gasteiger partial charge >= 0.3 is 0 Å². The smallest absolute Gasteiger partial charge is 0.289 e. The second kappa shape index (κ2) is 8.39. The Labute approximate surface area is 165 Å². The molecule has 1 saturated heterocycles. The predicted octanol–water partition coefficient (Wildman–Crippen LogP) is 5.14. The summed E-state index contributed by atoms with van der Waals surface area (Å²) in [5.74, 6) is 0.570. The molecule has 1 aliphatic heterocycles. The maximum atomic E-state index is 10.8. The van der Waals surface area contributed by atoms with E-state index in [0.29, 0.717) is 22.5 Å². The minimum absolute atomic E-state index is 0.112. The zero-order chi connectivity index (χ0) is 18.7. The Hall–Kier alpha value is -1.60. The van der Waals surface area contributed by atoms with Gasteiger partial charge in [0.2, 0.25) is 0 Å². The van der Waals surface area contributed by atoms with Crippen LogP contribution in [-0.2, 0) is 11.3 Å². The number of anilines is 1. The van der Waals surface area contributed by atoms with Crippen molar-refractivity contribution in [2.45, 2.75) is 25.6 Å². The third-order valence-electron chi connectivity index (χ3n) is 4.23. The SMILES string of the molecule is O=[N+]([O-])c1cnc(N2CCC(OCc3ccc(Cl)c(Cl)c3)CC2)c(Cl)c1. The highest BCUT2D eigenvalue weighted by Crippen LogP contribution is 2.30. The summed E-state index contributed by atoms with van der Waals surface area (Å²) in [5.41, 5.74) is 0.862. The maximum Gasteiger partial charge on any atom is 0.289 e. The van der Waals surface area contributed by atoms with Gasteiger partial charge in [-0.05, 0) is 30.5 Å². The lowest BCUT2D eigenvalue weighted by Crippen LogP contribution is -2.37. The highest BCUT2D eigenvalue weighted by Gasteiger charge is 2.23. The van der Waals surface area contributed by atoms with Gasteiger partial charge in [0.1, 0.15) is 12.0 Å². The molecule has 1 fully saturated rings. The van der Waals surface area contributed by atoms with E-state index in [4.69, 9.17) is 39.5 Å². The Morgan fingerprint density at radius 3 is 2.50 bits per heavy atom. The van der Waals surface area contributed by atoms with Crippen molar-refractivity contribution in [2.24, 2.45) is 0 Å². The Kier molecular flexibility index (Phi) is 6.19. The van der Waals surface area contributed by atoms with Crippen molar-refractivity contribution in [3.63, 3.8) is 0 Å². The molecule has 1 aliphatic rings. The van der Waals surface area contributed by atoms with Crippen molar-refractivity contribution in [3.8, 4) is 0 Å². The summed E-state index contributed by atoms with van der Waals surface area (Å²) in [7, 11) is 0. The molecule has 0 spiro atoms. The summed E-state index contributed by atoms with van der Waals surface area (Å²) in [6.07, 6.45) is 2.98. The van der Waals surface area contributed by atoms with E-state index in [2.05, 4.69) is 4.98 Å². The van der Waals surface area contributed by atoms with E-state index in [9.17, 15) is 10.1 Å². The van der Waals surface area contributed by atoms with Gasteiger partial charge in [0.25, 0.3) is 5.69 Å². The number of nitro groups is 1. The highest BCUT2D eigenvalue weighted by atomic mass is 35.5. The number of nitrogens with zero attached hydrogens (tertiary/aromatic N) is 3. The van der Waals surface area contributed by atoms with Crippen LogP contribution in [0.15, 0.2) is 30.5 Å². The molecule has 2 heterocycles. The van der Waals surface area contributed by atoms with Gasteiger partial charge in [-0.15, -0.1) is 0 Å². The zero-order valence-electron chi connectivity index (χ0n) is 13.7. The van der Waals surface area contributed by atoms with E-state index in [1.54, 1.807) is 12.1 Å². The van der Waals surface area contributed by atoms with Crippen molar-refractivity contribution >= 4 is 46.3 Å². The molecule has 1 aromatic heterocycles. The molecular formula is C17H16Cl3N3O3. The number of hydrogen-bond acceptors (Lipinski definition) is 5. The summed E-state index contributed by atoms with van der Waals surface area (Å²) in [4.78, 5) is 16.4. The minimum atomic E-state index is -0.508. The third-order valence-corrected chi connectivity index (χ3v) is 5.25. The second-order valence-corrected chi connectivity index (χ2v) is 7.22. The first-order valence-electron chi connectivity index (χ1n) is 8.04. The van der Waals surface area contributed by atoms with Gasteiger partial charge in [0.15, 0.2) is 0 Å². The molecule has 0 saturated carbocycles. The highest BCUT2D eigenvalue weighted by molar-refractivity contribution is 6.42. The van der Waals surface area contributed by atoms with E-state index in [1.165, 1.54) is 12.3 Å². The number of rotatable bonds is 5. The lowest BCUT2D eigenvalue weighted by molar-refractivity contribution is -0.385. The monoisotopic (exact) mass is 415 g/mol. The van der Waals surface area contributed by atoms with Gasteiger partial charge in [-0.1, -0.05) is 40.9 Å². The zero-order valence-corrected chi connectivity index (χ0v) is 16.0. The normalized spacial score (nSPS) is 15.3. The summed E-state index contributed by atoms with van der Waals surface area (Å²) in [6.45, 7) is 1.91. The van der Waals surface area contributed by atoms with Crippen LogP contribution in [0.3, 0.4) is 0 Å². The van der Waals surface area contributed by atoms with Crippen molar-refractivity contribution in [2.75, 3.05) is 18.0 Å². The Morgan fingerprint density at radius 1 is 1.15 bits per heavy atom. The van der Waals surface area contributed by atoms with E-state index in [1.807, 2.05) is 11.0 Å². The van der Waals surface area contributed by atoms with Gasteiger partial charge in [-0.25, -0.2) is 4.98 Å². The van der Waals surface area contributed by atoms with Gasteiger partial charge in [0.05, 0.1) is 32.7 Å². The van der Waals surface area contributed by atoms with E-state index in [-0.39, 0.29) is 16.8 Å². The molecule has 9 heteroatoms. The lowest BCUT2D eigenvalue weighted by Gasteiger charge is -2.33. The summed E-state index contributed by atoms with van der Waals surface area (Å²) >= 11 is 18.1. The summed E-state index contributed by atoms with van der Waals surface area (Å²) in [6, 6.07) is 6.79. The van der Waals surface area contributed by atoms with Crippen LogP contribution in [0.1, 0.15) is 18.4 Å². The van der Waals surface area contributed by atoms with Crippen LogP contribution in [0.2, 0.25) is 15.1 Å². The fourth-order valence-electron chi connectivity index (χ4n) is 2.83. The molecule has 26 heavy (non-hydrogen) atoms. The van der Waals surface area contributed by atoms with Crippen molar-refractivity contribution in [3.05, 3.63) is 61.2 Å². The van der Waals surface area contributed by atoms with Crippen molar-refractivity contribution in [1.29, 1.82) is 0 Å². The molecule has 0 bridgehead atoms. The quantitative estimate of drug-likeness (QED) is 0.499. The number of pyridine rings is 1. The van der Waals surface area contributed by atoms with Gasteiger partial charge in [-0.3, -0.25) is 10.1 Å². The van der Waals surface area contributed by atoms with Gasteiger partial charge in [-0.2, -0.15) is 0 Å². The van der Waals surface area contributed by atoms with E-state index >= 15 is 0 Å². The number of halogens is 3. The molecule has 0 N–H and O–H groups in total. The number of benzene rings is 1. The number of piperidine rings is 1. The van der Waals surface area contributed by atoms with E-state index in [0.717, 1.165) is 31.5 Å². The average molecular weight is 417 g/mol. The third kappa shape index (κ3) is 4.57. The fraction of sp³-hybridized carbons (Fsp3) is 0.353. The van der Waals surface area contributed by atoms with Crippen LogP contribution in [0.4, 0.5) is 11.5 Å². The lowest BCUT2D eigenvalue weighted by atomic mass is 10.1. The molecule has 0 atom stereocenters. The molecule has 0 unspecified atom stereocenters. The van der Waals surface area contributed by atoms with Crippen LogP contribution in [0, 0.1) is 10.1 Å². The standard InChI is InChI=1S/C17H16Cl3N3O3/c18-14-2-1-11(7-15(14)19)10-26-13-3-5-22(6-4-13)17-16(20)8-12(9-21-17)23(24)25/h1-2,7-9,13H,3-6,10H2. The van der Waals surface area contributed by atoms with Crippen molar-refractivity contribution in [1.82, 2.24) is 4.98 Å². The fourth-order valence-corrected chi connectivity index (χ4v) is 3.43. The topological polar surface area (TPSA) is 68.5 Å². The predicted molar refractivity (Wildman–Crippen MR) is 102 cm³/mol. The largest absolute Gasteiger partial charge is 0.373 e. The molecule has 0 radical (unpaired) electrons. The van der Waals surface area contributed by atoms with Crippen LogP contribution in [0.25, 0.3) is 0 Å². The minimum Gasteiger partial charge on any atom is -0.373 e. The first-order valence-corrected chi connectivity index (χ1v) is 9.18. The Morgan fingerprint density at radius 2 is 1.88 bits per heavy atom. The van der Waals surface area contributed by atoms with Gasteiger partial charge in [0, 0.05) is 19.2 Å². The van der Waals surface area contributed by atoms with Crippen molar-refractivity contribution < 1.29 is 9.66 Å². The number of ether oxygens (including phenoxy) is 1. The Bertz CT molecular complexity index is 811. The first kappa shape index (κ1) is 19.2.